The van der Waals surface area contributed by atoms with Crippen molar-refractivity contribution in [1.29, 1.82) is 0 Å². The topological polar surface area (TPSA) is 29.5 Å². The number of methoxy groups -OCH3 is 1. The maximum absolute atomic E-state index is 12.3. The fourth-order valence-electron chi connectivity index (χ4n) is 2.62. The maximum Gasteiger partial charge on any atom is 0.253 e. The average molecular weight is 305 g/mol. The number of rotatable bonds is 2. The van der Waals surface area contributed by atoms with E-state index in [1.807, 2.05) is 53.4 Å². The first-order valence-electron chi connectivity index (χ1n) is 7.82. The Morgan fingerprint density at radius 1 is 0.913 bits per heavy atom. The fourth-order valence-corrected chi connectivity index (χ4v) is 2.62. The lowest BCUT2D eigenvalue weighted by Gasteiger charge is -2.14. The first kappa shape index (κ1) is 15.2. The molecule has 0 radical (unpaired) electrons. The molecule has 0 aromatic heterocycles. The highest BCUT2D eigenvalue weighted by Crippen LogP contribution is 2.14. The Balaban J connectivity index is 1.69. The molecule has 1 amide bonds. The number of ether oxygens (including phenoxy) is 1. The maximum atomic E-state index is 12.3. The molecule has 3 heteroatoms. The van der Waals surface area contributed by atoms with E-state index in [0.717, 1.165) is 48.4 Å². The van der Waals surface area contributed by atoms with Gasteiger partial charge in [0.2, 0.25) is 0 Å². The van der Waals surface area contributed by atoms with Crippen molar-refractivity contribution in [3.8, 4) is 17.6 Å². The van der Waals surface area contributed by atoms with Crippen LogP contribution in [0.1, 0.15) is 34.3 Å². The van der Waals surface area contributed by atoms with Crippen molar-refractivity contribution >= 4 is 5.91 Å². The van der Waals surface area contributed by atoms with Gasteiger partial charge in [0.25, 0.3) is 5.91 Å². The van der Waals surface area contributed by atoms with Crippen LogP contribution in [0.4, 0.5) is 0 Å². The van der Waals surface area contributed by atoms with E-state index in [4.69, 9.17) is 4.74 Å². The third-order valence-electron chi connectivity index (χ3n) is 3.97. The molecule has 2 aromatic carbocycles. The summed E-state index contributed by atoms with van der Waals surface area (Å²) in [5.74, 6) is 7.18. The highest BCUT2D eigenvalue weighted by molar-refractivity contribution is 5.94. The zero-order valence-corrected chi connectivity index (χ0v) is 13.2. The summed E-state index contributed by atoms with van der Waals surface area (Å²) in [6.45, 7) is 1.75. The summed E-state index contributed by atoms with van der Waals surface area (Å²) in [6, 6.07) is 15.2. The van der Waals surface area contributed by atoms with Gasteiger partial charge in [-0.05, 0) is 61.4 Å². The van der Waals surface area contributed by atoms with E-state index in [1.165, 1.54) is 0 Å². The standard InChI is InChI=1S/C20H19NO2/c1-23-19-12-8-17(9-13-19)5-4-16-6-10-18(11-7-16)20(22)21-14-2-3-15-21/h6-13H,2-3,14-15H2,1H3. The number of amides is 1. The van der Waals surface area contributed by atoms with Crippen LogP contribution < -0.4 is 4.74 Å². The molecule has 0 saturated carbocycles. The lowest BCUT2D eigenvalue weighted by Crippen LogP contribution is -2.27. The van der Waals surface area contributed by atoms with E-state index < -0.39 is 0 Å². The fraction of sp³-hybridized carbons (Fsp3) is 0.250. The van der Waals surface area contributed by atoms with Gasteiger partial charge >= 0.3 is 0 Å². The smallest absolute Gasteiger partial charge is 0.253 e. The lowest BCUT2D eigenvalue weighted by molar-refractivity contribution is 0.0793. The molecule has 1 fully saturated rings. The van der Waals surface area contributed by atoms with Crippen molar-refractivity contribution in [3.63, 3.8) is 0 Å². The molecule has 1 saturated heterocycles. The minimum Gasteiger partial charge on any atom is -0.497 e. The summed E-state index contributed by atoms with van der Waals surface area (Å²) in [5.41, 5.74) is 2.57. The van der Waals surface area contributed by atoms with Gasteiger partial charge in [-0.25, -0.2) is 0 Å². The first-order valence-corrected chi connectivity index (χ1v) is 7.82. The molecule has 0 unspecified atom stereocenters. The predicted octanol–water partition coefficient (Wildman–Crippen LogP) is 3.33. The van der Waals surface area contributed by atoms with Crippen LogP contribution in [-0.2, 0) is 0 Å². The molecule has 0 spiro atoms. The van der Waals surface area contributed by atoms with Crippen molar-refractivity contribution in [2.75, 3.05) is 20.2 Å². The lowest BCUT2D eigenvalue weighted by atomic mass is 10.1. The van der Waals surface area contributed by atoms with Gasteiger partial charge in [0.15, 0.2) is 0 Å². The Morgan fingerprint density at radius 3 is 1.96 bits per heavy atom. The normalized spacial score (nSPS) is 13.3. The van der Waals surface area contributed by atoms with E-state index in [0.29, 0.717) is 0 Å². The van der Waals surface area contributed by atoms with Crippen LogP contribution in [0.15, 0.2) is 48.5 Å². The van der Waals surface area contributed by atoms with Gasteiger partial charge in [-0.1, -0.05) is 11.8 Å². The van der Waals surface area contributed by atoms with Crippen molar-refractivity contribution in [3.05, 3.63) is 65.2 Å². The molecule has 0 aliphatic carbocycles. The zero-order valence-electron chi connectivity index (χ0n) is 13.2. The van der Waals surface area contributed by atoms with Crippen molar-refractivity contribution < 1.29 is 9.53 Å². The second-order valence-electron chi connectivity index (χ2n) is 5.56. The molecule has 0 N–H and O–H groups in total. The Labute approximate surface area is 136 Å². The summed E-state index contributed by atoms with van der Waals surface area (Å²) < 4.78 is 5.13. The molecule has 0 bridgehead atoms. The highest BCUT2D eigenvalue weighted by Gasteiger charge is 2.18. The predicted molar refractivity (Wildman–Crippen MR) is 90.6 cm³/mol. The van der Waals surface area contributed by atoms with Gasteiger partial charge in [0.1, 0.15) is 5.75 Å². The van der Waals surface area contributed by atoms with E-state index in [2.05, 4.69) is 11.8 Å². The van der Waals surface area contributed by atoms with Gasteiger partial charge in [-0.2, -0.15) is 0 Å². The molecular formula is C20H19NO2. The van der Waals surface area contributed by atoms with E-state index >= 15 is 0 Å². The molecule has 2 aromatic rings. The SMILES string of the molecule is COc1ccc(C#Cc2ccc(C(=O)N3CCCC3)cc2)cc1. The van der Waals surface area contributed by atoms with Crippen molar-refractivity contribution in [2.24, 2.45) is 0 Å². The van der Waals surface area contributed by atoms with E-state index in [1.54, 1.807) is 7.11 Å². The van der Waals surface area contributed by atoms with Crippen LogP contribution >= 0.6 is 0 Å². The minimum absolute atomic E-state index is 0.122. The Morgan fingerprint density at radius 2 is 1.43 bits per heavy atom. The summed E-state index contributed by atoms with van der Waals surface area (Å²) in [6.07, 6.45) is 2.22. The molecule has 1 aliphatic heterocycles. The molecule has 3 nitrogen and oxygen atoms in total. The molecule has 116 valence electrons. The second kappa shape index (κ2) is 7.02. The number of hydrogen-bond donors (Lipinski definition) is 0. The van der Waals surface area contributed by atoms with Crippen molar-refractivity contribution in [1.82, 2.24) is 4.90 Å². The number of carbonyl (C=O) groups is 1. The zero-order chi connectivity index (χ0) is 16.1. The quantitative estimate of drug-likeness (QED) is 0.797. The van der Waals surface area contributed by atoms with Gasteiger partial charge in [-0.15, -0.1) is 0 Å². The second-order valence-corrected chi connectivity index (χ2v) is 5.56. The van der Waals surface area contributed by atoms with E-state index in [-0.39, 0.29) is 5.91 Å². The summed E-state index contributed by atoms with van der Waals surface area (Å²) in [4.78, 5) is 14.2. The Bertz CT molecular complexity index is 730. The Kier molecular flexibility index (Phi) is 4.63. The molecule has 1 heterocycles. The van der Waals surface area contributed by atoms with Gasteiger partial charge < -0.3 is 9.64 Å². The van der Waals surface area contributed by atoms with Crippen molar-refractivity contribution in [2.45, 2.75) is 12.8 Å². The van der Waals surface area contributed by atoms with Crippen LogP contribution in [0.2, 0.25) is 0 Å². The molecule has 1 aliphatic rings. The number of carbonyl (C=O) groups excluding carboxylic acids is 1. The number of benzene rings is 2. The minimum atomic E-state index is 0.122. The third-order valence-corrected chi connectivity index (χ3v) is 3.97. The van der Waals surface area contributed by atoms with Gasteiger partial charge in [-0.3, -0.25) is 4.79 Å². The summed E-state index contributed by atoms with van der Waals surface area (Å²) in [7, 11) is 1.64. The molecular weight excluding hydrogens is 286 g/mol. The van der Waals surface area contributed by atoms with Gasteiger partial charge in [0, 0.05) is 29.8 Å². The van der Waals surface area contributed by atoms with E-state index in [9.17, 15) is 4.79 Å². The third kappa shape index (κ3) is 3.73. The Hall–Kier alpha value is -2.73. The largest absolute Gasteiger partial charge is 0.497 e. The van der Waals surface area contributed by atoms with Crippen LogP contribution in [0, 0.1) is 11.8 Å². The number of likely N-dealkylation sites (tertiary alicyclic amines) is 1. The van der Waals surface area contributed by atoms with Gasteiger partial charge in [0.05, 0.1) is 7.11 Å². The molecule has 23 heavy (non-hydrogen) atoms. The van der Waals surface area contributed by atoms with Crippen LogP contribution in [0.5, 0.6) is 5.75 Å². The average Bonchev–Trinajstić information content (AvgIpc) is 3.15. The van der Waals surface area contributed by atoms with Crippen LogP contribution in [0.3, 0.4) is 0 Å². The molecule has 0 atom stereocenters. The summed E-state index contributed by atoms with van der Waals surface area (Å²) in [5, 5.41) is 0. The monoisotopic (exact) mass is 305 g/mol. The van der Waals surface area contributed by atoms with Crippen LogP contribution in [0.25, 0.3) is 0 Å². The first-order chi connectivity index (χ1) is 11.3. The molecule has 3 rings (SSSR count). The number of nitrogens with zero attached hydrogens (tertiary/aromatic N) is 1. The number of hydrogen-bond acceptors (Lipinski definition) is 2. The summed E-state index contributed by atoms with van der Waals surface area (Å²) >= 11 is 0. The van der Waals surface area contributed by atoms with Crippen LogP contribution in [-0.4, -0.2) is 31.0 Å². The highest BCUT2D eigenvalue weighted by atomic mass is 16.5.